The van der Waals surface area contributed by atoms with E-state index in [9.17, 15) is 9.59 Å². The van der Waals surface area contributed by atoms with Crippen LogP contribution in [0.1, 0.15) is 47.0 Å². The van der Waals surface area contributed by atoms with Crippen LogP contribution in [-0.4, -0.2) is 42.4 Å². The summed E-state index contributed by atoms with van der Waals surface area (Å²) in [7, 11) is 0. The fraction of sp³-hybridized carbons (Fsp3) is 0.867. The Labute approximate surface area is 122 Å². The second-order valence-corrected chi connectivity index (χ2v) is 7.09. The molecule has 1 fully saturated rings. The van der Waals surface area contributed by atoms with Gasteiger partial charge in [-0.3, -0.25) is 9.59 Å². The molecular formula is C15H29N3O2. The predicted molar refractivity (Wildman–Crippen MR) is 80.0 cm³/mol. The molecule has 1 rings (SSSR count). The van der Waals surface area contributed by atoms with Gasteiger partial charge in [-0.05, 0) is 31.1 Å². The largest absolute Gasteiger partial charge is 0.347 e. The van der Waals surface area contributed by atoms with Crippen molar-refractivity contribution in [3.63, 3.8) is 0 Å². The van der Waals surface area contributed by atoms with E-state index in [1.807, 2.05) is 32.6 Å². The van der Waals surface area contributed by atoms with Crippen molar-refractivity contribution in [2.45, 2.75) is 53.0 Å². The minimum Gasteiger partial charge on any atom is -0.347 e. The average Bonchev–Trinajstić information content (AvgIpc) is 2.34. The van der Waals surface area contributed by atoms with Crippen LogP contribution in [0.2, 0.25) is 0 Å². The molecule has 0 aromatic rings. The van der Waals surface area contributed by atoms with E-state index in [0.29, 0.717) is 12.3 Å². The zero-order chi connectivity index (χ0) is 15.3. The minimum absolute atomic E-state index is 0.00961. The molecule has 1 aliphatic rings. The van der Waals surface area contributed by atoms with Gasteiger partial charge in [-0.1, -0.05) is 20.8 Å². The second-order valence-electron chi connectivity index (χ2n) is 7.09. The summed E-state index contributed by atoms with van der Waals surface area (Å²) in [5, 5.41) is 2.72. The van der Waals surface area contributed by atoms with E-state index in [0.717, 1.165) is 25.9 Å². The van der Waals surface area contributed by atoms with Gasteiger partial charge in [0.15, 0.2) is 0 Å². The molecule has 2 amide bonds. The number of hydrogen-bond donors (Lipinski definition) is 2. The van der Waals surface area contributed by atoms with Crippen molar-refractivity contribution in [2.75, 3.05) is 19.6 Å². The standard InChI is InChI=1S/C15H29N3O2/c1-11(16)12-5-7-18(8-6-12)14(20)10-17-13(19)9-15(2,3)4/h11-12H,5-10,16H2,1-4H3,(H,17,19). The Kier molecular flexibility index (Phi) is 5.99. The van der Waals surface area contributed by atoms with Crippen LogP contribution in [-0.2, 0) is 9.59 Å². The van der Waals surface area contributed by atoms with E-state index in [2.05, 4.69) is 5.32 Å². The maximum absolute atomic E-state index is 12.0. The summed E-state index contributed by atoms with van der Waals surface area (Å²) in [5.41, 5.74) is 5.83. The van der Waals surface area contributed by atoms with Crippen molar-refractivity contribution in [1.82, 2.24) is 10.2 Å². The number of carbonyl (C=O) groups is 2. The SMILES string of the molecule is CC(N)C1CCN(C(=O)CNC(=O)CC(C)(C)C)CC1. The fourth-order valence-corrected chi connectivity index (χ4v) is 2.50. The van der Waals surface area contributed by atoms with Crippen LogP contribution >= 0.6 is 0 Å². The Hall–Kier alpha value is -1.10. The number of nitrogens with zero attached hydrogens (tertiary/aromatic N) is 1. The molecule has 0 bridgehead atoms. The zero-order valence-corrected chi connectivity index (χ0v) is 13.2. The third-order valence-electron chi connectivity index (χ3n) is 3.76. The lowest BCUT2D eigenvalue weighted by molar-refractivity contribution is -0.134. The Morgan fingerprint density at radius 2 is 1.85 bits per heavy atom. The van der Waals surface area contributed by atoms with Crippen LogP contribution in [0.25, 0.3) is 0 Å². The number of rotatable bonds is 4. The maximum atomic E-state index is 12.0. The van der Waals surface area contributed by atoms with Crippen LogP contribution in [0, 0.1) is 11.3 Å². The monoisotopic (exact) mass is 283 g/mol. The number of nitrogens with two attached hydrogens (primary N) is 1. The Balaban J connectivity index is 2.29. The van der Waals surface area contributed by atoms with Gasteiger partial charge >= 0.3 is 0 Å². The van der Waals surface area contributed by atoms with Crippen molar-refractivity contribution in [3.8, 4) is 0 Å². The maximum Gasteiger partial charge on any atom is 0.241 e. The van der Waals surface area contributed by atoms with Gasteiger partial charge in [-0.2, -0.15) is 0 Å². The van der Waals surface area contributed by atoms with Crippen molar-refractivity contribution in [1.29, 1.82) is 0 Å². The van der Waals surface area contributed by atoms with Gasteiger partial charge in [0.25, 0.3) is 0 Å². The van der Waals surface area contributed by atoms with Crippen LogP contribution in [0.15, 0.2) is 0 Å². The third kappa shape index (κ3) is 5.90. The molecule has 20 heavy (non-hydrogen) atoms. The molecule has 3 N–H and O–H groups in total. The van der Waals surface area contributed by atoms with Gasteiger partial charge in [0.05, 0.1) is 6.54 Å². The van der Waals surface area contributed by atoms with Crippen LogP contribution in [0.5, 0.6) is 0 Å². The van der Waals surface area contributed by atoms with E-state index in [1.165, 1.54) is 0 Å². The molecule has 0 aliphatic carbocycles. The Morgan fingerprint density at radius 1 is 1.30 bits per heavy atom. The fourth-order valence-electron chi connectivity index (χ4n) is 2.50. The van der Waals surface area contributed by atoms with Gasteiger partial charge in [-0.15, -0.1) is 0 Å². The lowest BCUT2D eigenvalue weighted by Crippen LogP contribution is -2.46. The van der Waals surface area contributed by atoms with Gasteiger partial charge in [0.2, 0.25) is 11.8 Å². The minimum atomic E-state index is -0.0590. The highest BCUT2D eigenvalue weighted by Gasteiger charge is 2.25. The van der Waals surface area contributed by atoms with E-state index in [-0.39, 0.29) is 29.8 Å². The topological polar surface area (TPSA) is 75.4 Å². The second kappa shape index (κ2) is 7.07. The molecule has 0 radical (unpaired) electrons. The summed E-state index contributed by atoms with van der Waals surface area (Å²) >= 11 is 0. The Bertz CT molecular complexity index is 340. The predicted octanol–water partition coefficient (Wildman–Crippen LogP) is 1.12. The highest BCUT2D eigenvalue weighted by molar-refractivity contribution is 5.85. The molecule has 0 spiro atoms. The molecule has 5 heteroatoms. The number of amides is 2. The van der Waals surface area contributed by atoms with Crippen LogP contribution in [0.3, 0.4) is 0 Å². The number of likely N-dealkylation sites (tertiary alicyclic amines) is 1. The third-order valence-corrected chi connectivity index (χ3v) is 3.76. The summed E-state index contributed by atoms with van der Waals surface area (Å²) < 4.78 is 0. The first-order valence-corrected chi connectivity index (χ1v) is 7.49. The van der Waals surface area contributed by atoms with Gasteiger partial charge in [0, 0.05) is 25.6 Å². The molecule has 0 saturated carbocycles. The summed E-state index contributed by atoms with van der Waals surface area (Å²) in [6, 6.07) is 0.193. The van der Waals surface area contributed by atoms with E-state index >= 15 is 0 Å². The lowest BCUT2D eigenvalue weighted by atomic mass is 9.91. The quantitative estimate of drug-likeness (QED) is 0.812. The number of carbonyl (C=O) groups excluding carboxylic acids is 2. The molecule has 116 valence electrons. The molecule has 1 saturated heterocycles. The van der Waals surface area contributed by atoms with Gasteiger partial charge in [0.1, 0.15) is 0 Å². The highest BCUT2D eigenvalue weighted by atomic mass is 16.2. The van der Waals surface area contributed by atoms with Crippen molar-refractivity contribution in [2.24, 2.45) is 17.1 Å². The molecular weight excluding hydrogens is 254 g/mol. The van der Waals surface area contributed by atoms with Gasteiger partial charge in [-0.25, -0.2) is 0 Å². The smallest absolute Gasteiger partial charge is 0.241 e. The number of hydrogen-bond acceptors (Lipinski definition) is 3. The highest BCUT2D eigenvalue weighted by Crippen LogP contribution is 2.20. The van der Waals surface area contributed by atoms with Crippen molar-refractivity contribution >= 4 is 11.8 Å². The first-order chi connectivity index (χ1) is 9.19. The molecule has 5 nitrogen and oxygen atoms in total. The first kappa shape index (κ1) is 17.0. The summed E-state index contributed by atoms with van der Waals surface area (Å²) in [5.74, 6) is 0.459. The van der Waals surface area contributed by atoms with Crippen molar-refractivity contribution in [3.05, 3.63) is 0 Å². The first-order valence-electron chi connectivity index (χ1n) is 7.49. The van der Waals surface area contributed by atoms with E-state index in [4.69, 9.17) is 5.73 Å². The molecule has 0 aromatic carbocycles. The summed E-state index contributed by atoms with van der Waals surface area (Å²) in [4.78, 5) is 25.5. The molecule has 0 aromatic heterocycles. The summed E-state index contributed by atoms with van der Waals surface area (Å²) in [6.07, 6.45) is 2.35. The normalized spacial score (nSPS) is 18.8. The molecule has 1 atom stereocenters. The molecule has 1 unspecified atom stereocenters. The lowest BCUT2D eigenvalue weighted by Gasteiger charge is -2.33. The molecule has 1 aliphatic heterocycles. The number of piperidine rings is 1. The van der Waals surface area contributed by atoms with Gasteiger partial charge < -0.3 is 16.0 Å². The zero-order valence-electron chi connectivity index (χ0n) is 13.2. The van der Waals surface area contributed by atoms with E-state index < -0.39 is 0 Å². The average molecular weight is 283 g/mol. The van der Waals surface area contributed by atoms with Crippen molar-refractivity contribution < 1.29 is 9.59 Å². The Morgan fingerprint density at radius 3 is 2.30 bits per heavy atom. The van der Waals surface area contributed by atoms with Crippen LogP contribution < -0.4 is 11.1 Å². The van der Waals surface area contributed by atoms with Crippen LogP contribution in [0.4, 0.5) is 0 Å². The number of nitrogens with one attached hydrogen (secondary N) is 1. The molecule has 1 heterocycles. The summed E-state index contributed by atoms with van der Waals surface area (Å²) in [6.45, 7) is 9.65. The van der Waals surface area contributed by atoms with E-state index in [1.54, 1.807) is 0 Å².